The minimum atomic E-state index is 0. The Morgan fingerprint density at radius 2 is 2.19 bits per heavy atom. The Morgan fingerprint density at radius 3 is 2.91 bits per heavy atom. The summed E-state index contributed by atoms with van der Waals surface area (Å²) in [7, 11) is 0. The second-order valence-corrected chi connectivity index (χ2v) is 9.15. The van der Waals surface area contributed by atoms with Crippen LogP contribution < -0.4 is 10.6 Å². The molecule has 2 N–H and O–H groups in total. The monoisotopic (exact) mass is 574 g/mol. The van der Waals surface area contributed by atoms with Crippen molar-refractivity contribution >= 4 is 41.3 Å². The van der Waals surface area contributed by atoms with Crippen molar-refractivity contribution in [2.45, 2.75) is 44.4 Å². The van der Waals surface area contributed by atoms with Gasteiger partial charge in [0.2, 0.25) is 0 Å². The van der Waals surface area contributed by atoms with Gasteiger partial charge in [-0.3, -0.25) is 9.89 Å². The lowest BCUT2D eigenvalue weighted by molar-refractivity contribution is -0.0327. The predicted octanol–water partition coefficient (Wildman–Crippen LogP) is 3.68. The normalized spacial score (nSPS) is 23.0. The first kappa shape index (κ1) is 25.5. The lowest BCUT2D eigenvalue weighted by Gasteiger charge is -2.36. The van der Waals surface area contributed by atoms with Gasteiger partial charge in [-0.25, -0.2) is 0 Å². The predicted molar refractivity (Wildman–Crippen MR) is 139 cm³/mol. The van der Waals surface area contributed by atoms with Crippen molar-refractivity contribution in [1.82, 2.24) is 15.5 Å². The zero-order chi connectivity index (χ0) is 21.3. The molecule has 2 aromatic rings. The van der Waals surface area contributed by atoms with E-state index in [0.717, 1.165) is 70.4 Å². The van der Waals surface area contributed by atoms with Crippen LogP contribution in [0.2, 0.25) is 0 Å². The van der Waals surface area contributed by atoms with Crippen molar-refractivity contribution < 1.29 is 13.9 Å². The van der Waals surface area contributed by atoms with Crippen molar-refractivity contribution in [2.75, 3.05) is 45.9 Å². The van der Waals surface area contributed by atoms with Crippen LogP contribution in [0, 0.1) is 0 Å². The fourth-order valence-corrected chi connectivity index (χ4v) is 4.97. The average molecular weight is 575 g/mol. The number of nitrogens with one attached hydrogen (secondary N) is 2. The molecule has 178 valence electrons. The molecule has 2 fully saturated rings. The van der Waals surface area contributed by atoms with Gasteiger partial charge >= 0.3 is 0 Å². The quantitative estimate of drug-likeness (QED) is 0.271. The molecule has 0 aliphatic carbocycles. The molecule has 0 bridgehead atoms. The molecule has 0 saturated carbocycles. The fourth-order valence-electron chi connectivity index (χ4n) is 4.12. The van der Waals surface area contributed by atoms with Crippen molar-refractivity contribution in [1.29, 1.82) is 0 Å². The smallest absolute Gasteiger partial charge is 0.191 e. The Hall–Kier alpha value is -1.14. The van der Waals surface area contributed by atoms with E-state index in [1.807, 2.05) is 12.1 Å². The second kappa shape index (κ2) is 13.5. The van der Waals surface area contributed by atoms with E-state index in [4.69, 9.17) is 18.9 Å². The van der Waals surface area contributed by atoms with Gasteiger partial charge in [0, 0.05) is 44.1 Å². The maximum atomic E-state index is 5.78. The molecule has 0 spiro atoms. The Kier molecular flexibility index (Phi) is 10.8. The summed E-state index contributed by atoms with van der Waals surface area (Å²) in [6, 6.07) is 8.53. The number of halogens is 1. The summed E-state index contributed by atoms with van der Waals surface area (Å²) in [6.07, 6.45) is 5.31. The zero-order valence-electron chi connectivity index (χ0n) is 18.7. The summed E-state index contributed by atoms with van der Waals surface area (Å²) in [6.45, 7) is 7.91. The molecule has 0 amide bonds. The van der Waals surface area contributed by atoms with E-state index in [1.54, 1.807) is 17.6 Å². The molecule has 0 radical (unpaired) electrons. The number of hydrogen-bond acceptors (Lipinski definition) is 6. The van der Waals surface area contributed by atoms with Gasteiger partial charge in [0.1, 0.15) is 5.76 Å². The van der Waals surface area contributed by atoms with Crippen LogP contribution in [0.4, 0.5) is 0 Å². The highest BCUT2D eigenvalue weighted by Gasteiger charge is 2.26. The molecular weight excluding hydrogens is 539 g/mol. The number of hydrogen-bond donors (Lipinski definition) is 2. The molecule has 2 aliphatic rings. The highest BCUT2D eigenvalue weighted by molar-refractivity contribution is 14.0. The van der Waals surface area contributed by atoms with Gasteiger partial charge in [0.25, 0.3) is 0 Å². The van der Waals surface area contributed by atoms with Gasteiger partial charge in [0.15, 0.2) is 5.96 Å². The highest BCUT2D eigenvalue weighted by atomic mass is 127. The minimum Gasteiger partial charge on any atom is -0.469 e. The van der Waals surface area contributed by atoms with Crippen molar-refractivity contribution in [3.8, 4) is 0 Å². The highest BCUT2D eigenvalue weighted by Crippen LogP contribution is 2.27. The summed E-state index contributed by atoms with van der Waals surface area (Å²) in [5.74, 6) is 1.81. The largest absolute Gasteiger partial charge is 0.469 e. The number of thiophene rings is 1. The first-order valence-electron chi connectivity index (χ1n) is 11.3. The van der Waals surface area contributed by atoms with E-state index in [-0.39, 0.29) is 42.2 Å². The second-order valence-electron chi connectivity index (χ2n) is 8.17. The van der Waals surface area contributed by atoms with Crippen LogP contribution >= 0.6 is 35.3 Å². The number of aliphatic imine (C=N–C) groups is 1. The Morgan fingerprint density at radius 1 is 1.25 bits per heavy atom. The molecule has 3 atom stereocenters. The summed E-state index contributed by atoms with van der Waals surface area (Å²) >= 11 is 1.80. The van der Waals surface area contributed by atoms with Gasteiger partial charge in [-0.1, -0.05) is 6.07 Å². The van der Waals surface area contributed by atoms with Crippen LogP contribution in [0.3, 0.4) is 0 Å². The fraction of sp³-hybridized carbons (Fsp3) is 0.609. The topological polar surface area (TPSA) is 71.3 Å². The Bertz CT molecular complexity index is 781. The molecule has 4 rings (SSSR count). The molecule has 3 unspecified atom stereocenters. The molecule has 9 heteroatoms. The third-order valence-corrected chi connectivity index (χ3v) is 6.75. The lowest BCUT2D eigenvalue weighted by atomic mass is 10.1. The van der Waals surface area contributed by atoms with E-state index in [2.05, 4.69) is 40.0 Å². The van der Waals surface area contributed by atoms with Gasteiger partial charge < -0.3 is 24.5 Å². The number of morpholine rings is 1. The van der Waals surface area contributed by atoms with E-state index in [1.165, 1.54) is 4.88 Å². The van der Waals surface area contributed by atoms with Crippen LogP contribution in [0.15, 0.2) is 45.3 Å². The maximum absolute atomic E-state index is 5.78. The van der Waals surface area contributed by atoms with Crippen LogP contribution in [0.1, 0.15) is 36.4 Å². The third kappa shape index (κ3) is 7.72. The summed E-state index contributed by atoms with van der Waals surface area (Å²) < 4.78 is 17.0. The molecule has 32 heavy (non-hydrogen) atoms. The van der Waals surface area contributed by atoms with Gasteiger partial charge in [0.05, 0.1) is 37.7 Å². The minimum absolute atomic E-state index is 0. The van der Waals surface area contributed by atoms with E-state index >= 15 is 0 Å². The van der Waals surface area contributed by atoms with Crippen LogP contribution in [0.25, 0.3) is 0 Å². The zero-order valence-corrected chi connectivity index (χ0v) is 21.8. The van der Waals surface area contributed by atoms with Gasteiger partial charge in [-0.15, -0.1) is 35.3 Å². The van der Waals surface area contributed by atoms with E-state index in [0.29, 0.717) is 6.54 Å². The molecule has 2 saturated heterocycles. The van der Waals surface area contributed by atoms with E-state index in [9.17, 15) is 0 Å². The first-order chi connectivity index (χ1) is 15.3. The molecule has 0 aromatic carbocycles. The number of furan rings is 1. The van der Waals surface area contributed by atoms with Crippen LogP contribution in [-0.4, -0.2) is 69.0 Å². The standard InChI is InChI=1S/C23H34N4O3S.HI/c1-18-17-27(10-13-28-18)21(22-7-4-14-31-22)16-26-23(25-15-20-6-3-12-30-20)24-9-8-19-5-2-11-29-19;/h2,4-5,7,11,14,18,20-21H,3,6,8-10,12-13,15-17H2,1H3,(H2,24,25,26);1H. The first-order valence-corrected chi connectivity index (χ1v) is 12.2. The van der Waals surface area contributed by atoms with Crippen molar-refractivity contribution in [3.63, 3.8) is 0 Å². The third-order valence-electron chi connectivity index (χ3n) is 5.77. The lowest BCUT2D eigenvalue weighted by Crippen LogP contribution is -2.45. The molecule has 2 aromatic heterocycles. The maximum Gasteiger partial charge on any atom is 0.191 e. The van der Waals surface area contributed by atoms with Crippen LogP contribution in [-0.2, 0) is 15.9 Å². The number of ether oxygens (including phenoxy) is 2. The van der Waals surface area contributed by atoms with Gasteiger partial charge in [-0.2, -0.15) is 0 Å². The van der Waals surface area contributed by atoms with E-state index < -0.39 is 0 Å². The molecule has 4 heterocycles. The molecule has 2 aliphatic heterocycles. The number of rotatable bonds is 9. The summed E-state index contributed by atoms with van der Waals surface area (Å²) in [4.78, 5) is 8.85. The average Bonchev–Trinajstić information content (AvgIpc) is 3.56. The van der Waals surface area contributed by atoms with Gasteiger partial charge in [-0.05, 0) is 43.3 Å². The molecule has 7 nitrogen and oxygen atoms in total. The summed E-state index contributed by atoms with van der Waals surface area (Å²) in [5.41, 5.74) is 0. The summed E-state index contributed by atoms with van der Waals surface area (Å²) in [5, 5.41) is 9.12. The van der Waals surface area contributed by atoms with Crippen molar-refractivity contribution in [3.05, 3.63) is 46.5 Å². The SMILES string of the molecule is CC1CN(C(CN=C(NCCc2ccco2)NCC2CCCO2)c2cccs2)CCO1.I. The number of nitrogens with zero attached hydrogens (tertiary/aromatic N) is 2. The van der Waals surface area contributed by atoms with Crippen LogP contribution in [0.5, 0.6) is 0 Å². The Labute approximate surface area is 212 Å². The Balaban J connectivity index is 0.00000289. The van der Waals surface area contributed by atoms with Crippen molar-refractivity contribution in [2.24, 2.45) is 4.99 Å². The number of guanidine groups is 1. The molecular formula is C23H35IN4O3S.